The number of ketones is 2. The van der Waals surface area contributed by atoms with Crippen molar-refractivity contribution in [3.63, 3.8) is 0 Å². The van der Waals surface area contributed by atoms with E-state index >= 15 is 0 Å². The Balaban J connectivity index is 1.60. The Kier molecular flexibility index (Phi) is 3.90. The van der Waals surface area contributed by atoms with Crippen molar-refractivity contribution in [2.75, 3.05) is 0 Å². The molecule has 0 amide bonds. The van der Waals surface area contributed by atoms with Crippen molar-refractivity contribution >= 4 is 17.5 Å². The third-order valence-corrected chi connectivity index (χ3v) is 8.28. The van der Waals surface area contributed by atoms with Gasteiger partial charge in [-0.15, -0.1) is 0 Å². The van der Waals surface area contributed by atoms with Crippen molar-refractivity contribution in [3.8, 4) is 0 Å². The maximum atomic E-state index is 12.8. The van der Waals surface area contributed by atoms with Crippen LogP contribution in [0.5, 0.6) is 0 Å². The highest BCUT2D eigenvalue weighted by atomic mass is 16.5. The first-order chi connectivity index (χ1) is 11.7. The summed E-state index contributed by atoms with van der Waals surface area (Å²) in [5, 5.41) is 0. The Hall–Kier alpha value is -1.19. The molecule has 4 heteroatoms. The summed E-state index contributed by atoms with van der Waals surface area (Å²) in [6.07, 6.45) is 7.22. The number of carbonyl (C=O) groups is 3. The summed E-state index contributed by atoms with van der Waals surface area (Å²) in [6.45, 7) is 6.04. The molecule has 4 rings (SSSR count). The molecule has 4 saturated carbocycles. The van der Waals surface area contributed by atoms with Gasteiger partial charge in [-0.3, -0.25) is 14.4 Å². The fourth-order valence-electron chi connectivity index (χ4n) is 7.27. The zero-order valence-corrected chi connectivity index (χ0v) is 15.7. The van der Waals surface area contributed by atoms with Gasteiger partial charge in [-0.2, -0.15) is 0 Å². The number of fused-ring (bicyclic) bond motifs is 5. The quantitative estimate of drug-likeness (QED) is 0.536. The van der Waals surface area contributed by atoms with Gasteiger partial charge in [-0.25, -0.2) is 0 Å². The van der Waals surface area contributed by atoms with Crippen molar-refractivity contribution in [1.29, 1.82) is 0 Å². The van der Waals surface area contributed by atoms with Crippen LogP contribution < -0.4 is 0 Å². The molecule has 0 N–H and O–H groups in total. The van der Waals surface area contributed by atoms with Gasteiger partial charge in [0.05, 0.1) is 5.92 Å². The van der Waals surface area contributed by atoms with E-state index in [-0.39, 0.29) is 40.4 Å². The molecule has 4 fully saturated rings. The smallest absolute Gasteiger partial charge is 0.302 e. The minimum absolute atomic E-state index is 0.0333. The highest BCUT2D eigenvalue weighted by molar-refractivity contribution is 6.05. The zero-order chi connectivity index (χ0) is 18.0. The lowest BCUT2D eigenvalue weighted by Crippen LogP contribution is -2.56. The molecule has 25 heavy (non-hydrogen) atoms. The average molecular weight is 346 g/mol. The van der Waals surface area contributed by atoms with Crippen LogP contribution in [0.3, 0.4) is 0 Å². The number of carbonyl (C=O) groups excluding carboxylic acids is 3. The molecule has 4 nitrogen and oxygen atoms in total. The fourth-order valence-corrected chi connectivity index (χ4v) is 7.27. The molecule has 138 valence electrons. The normalized spacial score (nSPS) is 49.2. The molecular formula is C21H30O4. The molecule has 0 unspecified atom stereocenters. The third kappa shape index (κ3) is 2.50. The Bertz CT molecular complexity index is 625. The van der Waals surface area contributed by atoms with Gasteiger partial charge in [0.25, 0.3) is 0 Å². The van der Waals surface area contributed by atoms with E-state index in [1.165, 1.54) is 6.92 Å². The van der Waals surface area contributed by atoms with Gasteiger partial charge >= 0.3 is 5.97 Å². The number of hydrogen-bond donors (Lipinski definition) is 0. The van der Waals surface area contributed by atoms with Gasteiger partial charge in [-0.05, 0) is 67.1 Å². The van der Waals surface area contributed by atoms with E-state index in [0.717, 1.165) is 38.5 Å². The van der Waals surface area contributed by atoms with Crippen LogP contribution in [-0.4, -0.2) is 23.6 Å². The topological polar surface area (TPSA) is 60.4 Å². The number of rotatable bonds is 1. The van der Waals surface area contributed by atoms with Crippen LogP contribution in [0.1, 0.15) is 72.1 Å². The average Bonchev–Trinajstić information content (AvgIpc) is 2.82. The van der Waals surface area contributed by atoms with E-state index < -0.39 is 0 Å². The van der Waals surface area contributed by atoms with Gasteiger partial charge in [0.1, 0.15) is 17.7 Å². The maximum absolute atomic E-state index is 12.8. The number of Topliss-reactive ketones (excluding diaryl/α,β-unsaturated/α-hetero) is 2. The van der Waals surface area contributed by atoms with Crippen molar-refractivity contribution in [2.24, 2.45) is 34.5 Å². The van der Waals surface area contributed by atoms with E-state index in [9.17, 15) is 14.4 Å². The molecule has 0 aliphatic heterocycles. The van der Waals surface area contributed by atoms with Crippen molar-refractivity contribution in [3.05, 3.63) is 0 Å². The summed E-state index contributed by atoms with van der Waals surface area (Å²) >= 11 is 0. The van der Waals surface area contributed by atoms with Crippen LogP contribution in [0.4, 0.5) is 0 Å². The Labute approximate surface area is 150 Å². The highest BCUT2D eigenvalue weighted by Crippen LogP contribution is 2.64. The van der Waals surface area contributed by atoms with Crippen LogP contribution in [0, 0.1) is 34.5 Å². The van der Waals surface area contributed by atoms with Gasteiger partial charge in [0.15, 0.2) is 0 Å². The number of esters is 1. The monoisotopic (exact) mass is 346 g/mol. The molecule has 7 atom stereocenters. The van der Waals surface area contributed by atoms with Crippen LogP contribution in [0.2, 0.25) is 0 Å². The summed E-state index contributed by atoms with van der Waals surface area (Å²) in [7, 11) is 0. The molecule has 4 aliphatic rings. The summed E-state index contributed by atoms with van der Waals surface area (Å²) in [6, 6.07) is 0. The lowest BCUT2D eigenvalue weighted by molar-refractivity contribution is -0.163. The van der Waals surface area contributed by atoms with E-state index in [0.29, 0.717) is 30.6 Å². The number of ether oxygens (including phenoxy) is 1. The van der Waals surface area contributed by atoms with Crippen LogP contribution in [-0.2, 0) is 19.1 Å². The van der Waals surface area contributed by atoms with E-state index in [4.69, 9.17) is 4.74 Å². The van der Waals surface area contributed by atoms with Gasteiger partial charge < -0.3 is 4.74 Å². The van der Waals surface area contributed by atoms with Crippen LogP contribution >= 0.6 is 0 Å². The van der Waals surface area contributed by atoms with Gasteiger partial charge in [-0.1, -0.05) is 13.8 Å². The first-order valence-corrected chi connectivity index (χ1v) is 9.97. The Morgan fingerprint density at radius 3 is 2.52 bits per heavy atom. The second-order valence-electron chi connectivity index (χ2n) is 9.66. The molecule has 0 radical (unpaired) electrons. The second kappa shape index (κ2) is 5.65. The molecule has 0 aromatic carbocycles. The largest absolute Gasteiger partial charge is 0.463 e. The molecule has 0 aromatic rings. The maximum Gasteiger partial charge on any atom is 0.302 e. The van der Waals surface area contributed by atoms with Crippen molar-refractivity contribution < 1.29 is 19.1 Å². The standard InChI is InChI=1S/C21H30O4/c1-12(22)25-13-4-5-15-14-10-18(24)19-17(23)7-9-21(19,3)16(14)6-8-20(15,2)11-13/h13-16,19H,4-11H2,1-3H3/t13-,14-,15-,16-,19-,20+,21+/m0/s1. The van der Waals surface area contributed by atoms with E-state index in [1.807, 2.05) is 0 Å². The first kappa shape index (κ1) is 17.2. The number of hydrogen-bond acceptors (Lipinski definition) is 4. The second-order valence-corrected chi connectivity index (χ2v) is 9.66. The molecule has 0 saturated heterocycles. The SMILES string of the molecule is CC(=O)O[C@H]1CC[C@H]2[C@@H]3CC(=O)[C@@H]4C(=O)CC[C@]4(C)[C@H]3CC[C@]2(C)C1. The summed E-state index contributed by atoms with van der Waals surface area (Å²) in [4.78, 5) is 36.5. The molecule has 0 spiro atoms. The minimum atomic E-state index is -0.324. The predicted molar refractivity (Wildman–Crippen MR) is 92.7 cm³/mol. The van der Waals surface area contributed by atoms with Crippen LogP contribution in [0.15, 0.2) is 0 Å². The van der Waals surface area contributed by atoms with E-state index in [1.54, 1.807) is 0 Å². The lowest BCUT2D eigenvalue weighted by Gasteiger charge is -2.59. The Morgan fingerprint density at radius 1 is 1.04 bits per heavy atom. The third-order valence-electron chi connectivity index (χ3n) is 8.28. The minimum Gasteiger partial charge on any atom is -0.463 e. The fraction of sp³-hybridized carbons (Fsp3) is 0.857. The lowest BCUT2D eigenvalue weighted by atomic mass is 9.45. The van der Waals surface area contributed by atoms with Crippen molar-refractivity contribution in [1.82, 2.24) is 0 Å². The molecule has 4 aliphatic carbocycles. The molecular weight excluding hydrogens is 316 g/mol. The summed E-state index contributed by atoms with van der Waals surface area (Å²) < 4.78 is 5.52. The van der Waals surface area contributed by atoms with E-state index in [2.05, 4.69) is 13.8 Å². The first-order valence-electron chi connectivity index (χ1n) is 9.97. The molecule has 0 bridgehead atoms. The van der Waals surface area contributed by atoms with Gasteiger partial charge in [0.2, 0.25) is 0 Å². The zero-order valence-electron chi connectivity index (χ0n) is 15.7. The Morgan fingerprint density at radius 2 is 1.80 bits per heavy atom. The summed E-state index contributed by atoms with van der Waals surface area (Å²) in [5.74, 6) is 1.33. The highest BCUT2D eigenvalue weighted by Gasteiger charge is 2.62. The predicted octanol–water partition coefficient (Wildman–Crippen LogP) is 3.71. The summed E-state index contributed by atoms with van der Waals surface area (Å²) in [5.41, 5.74) is 0.0524. The van der Waals surface area contributed by atoms with Crippen molar-refractivity contribution in [2.45, 2.75) is 78.2 Å². The molecule has 0 aromatic heterocycles. The molecule has 0 heterocycles. The van der Waals surface area contributed by atoms with Crippen LogP contribution in [0.25, 0.3) is 0 Å². The van der Waals surface area contributed by atoms with Gasteiger partial charge in [0, 0.05) is 19.8 Å².